The van der Waals surface area contributed by atoms with Gasteiger partial charge in [0, 0.05) is 12.5 Å². The third kappa shape index (κ3) is 5.81. The number of nitrogens with one attached hydrogen (secondary N) is 1. The molecule has 1 aromatic carbocycles. The third-order valence-electron chi connectivity index (χ3n) is 3.56. The monoisotopic (exact) mass is 323 g/mol. The lowest BCUT2D eigenvalue weighted by Gasteiger charge is -2.20. The van der Waals surface area contributed by atoms with Crippen LogP contribution in [-0.4, -0.2) is 35.2 Å². The summed E-state index contributed by atoms with van der Waals surface area (Å²) in [6.07, 6.45) is 0.612. The molecule has 0 aromatic heterocycles. The summed E-state index contributed by atoms with van der Waals surface area (Å²) in [4.78, 5) is 23.9. The molecule has 1 aromatic rings. The highest BCUT2D eigenvalue weighted by molar-refractivity contribution is 5.84. The minimum Gasteiger partial charge on any atom is -0.508 e. The van der Waals surface area contributed by atoms with Crippen molar-refractivity contribution in [2.75, 3.05) is 7.11 Å². The maximum atomic E-state index is 12.2. The maximum Gasteiger partial charge on any atom is 0.328 e. The standard InChI is InChI=1S/C17H25NO5/c1-10(2)7-14(17(22)23-4)18-16(21)8-11(3)13-6-5-12(19)9-15(13)20/h5-6,9-11,14,19-20H,7-8H2,1-4H3,(H,18,21). The number of ether oxygens (including phenoxy) is 1. The molecule has 1 amide bonds. The van der Waals surface area contributed by atoms with E-state index in [2.05, 4.69) is 5.32 Å². The molecule has 23 heavy (non-hydrogen) atoms. The van der Waals surface area contributed by atoms with Crippen LogP contribution in [0.25, 0.3) is 0 Å². The van der Waals surface area contributed by atoms with E-state index < -0.39 is 12.0 Å². The molecule has 0 radical (unpaired) electrons. The van der Waals surface area contributed by atoms with E-state index >= 15 is 0 Å². The first kappa shape index (κ1) is 18.8. The Kier molecular flexibility index (Phi) is 6.88. The van der Waals surface area contributed by atoms with E-state index in [9.17, 15) is 19.8 Å². The summed E-state index contributed by atoms with van der Waals surface area (Å²) < 4.78 is 4.71. The number of hydrogen-bond donors (Lipinski definition) is 3. The number of carbonyl (C=O) groups is 2. The smallest absolute Gasteiger partial charge is 0.328 e. The summed E-state index contributed by atoms with van der Waals surface area (Å²) in [7, 11) is 1.29. The van der Waals surface area contributed by atoms with E-state index in [1.165, 1.54) is 19.2 Å². The molecule has 0 saturated carbocycles. The van der Waals surface area contributed by atoms with Gasteiger partial charge in [-0.05, 0) is 29.9 Å². The Morgan fingerprint density at radius 2 is 1.87 bits per heavy atom. The van der Waals surface area contributed by atoms with Crippen molar-refractivity contribution in [1.82, 2.24) is 5.32 Å². The van der Waals surface area contributed by atoms with Crippen LogP contribution in [0.2, 0.25) is 0 Å². The average Bonchev–Trinajstić information content (AvgIpc) is 2.44. The highest BCUT2D eigenvalue weighted by atomic mass is 16.5. The van der Waals surface area contributed by atoms with Crippen molar-refractivity contribution in [3.63, 3.8) is 0 Å². The van der Waals surface area contributed by atoms with Gasteiger partial charge < -0.3 is 20.3 Å². The molecule has 0 bridgehead atoms. The Hall–Kier alpha value is -2.24. The molecule has 0 aliphatic carbocycles. The highest BCUT2D eigenvalue weighted by Gasteiger charge is 2.24. The molecule has 0 fully saturated rings. The Balaban J connectivity index is 2.71. The molecule has 3 N–H and O–H groups in total. The molecular formula is C17H25NO5. The molecular weight excluding hydrogens is 298 g/mol. The fraction of sp³-hybridized carbons (Fsp3) is 0.529. The van der Waals surface area contributed by atoms with Gasteiger partial charge in [0.15, 0.2) is 0 Å². The highest BCUT2D eigenvalue weighted by Crippen LogP contribution is 2.30. The number of phenolic OH excluding ortho intramolecular Hbond substituents is 2. The van der Waals surface area contributed by atoms with Crippen LogP contribution in [0.1, 0.15) is 45.1 Å². The first-order valence-electron chi connectivity index (χ1n) is 7.63. The summed E-state index contributed by atoms with van der Waals surface area (Å²) in [5.74, 6) is -0.873. The van der Waals surface area contributed by atoms with Crippen molar-refractivity contribution < 1.29 is 24.5 Å². The first-order chi connectivity index (χ1) is 10.7. The lowest BCUT2D eigenvalue weighted by molar-refractivity contribution is -0.145. The van der Waals surface area contributed by atoms with Gasteiger partial charge in [-0.25, -0.2) is 4.79 Å². The Bertz CT molecular complexity index is 556. The van der Waals surface area contributed by atoms with Gasteiger partial charge in [0.25, 0.3) is 0 Å². The van der Waals surface area contributed by atoms with Crippen LogP contribution in [0.4, 0.5) is 0 Å². The fourth-order valence-electron chi connectivity index (χ4n) is 2.42. The molecule has 0 aliphatic rings. The van der Waals surface area contributed by atoms with Gasteiger partial charge in [0.1, 0.15) is 17.5 Å². The number of hydrogen-bond acceptors (Lipinski definition) is 5. The van der Waals surface area contributed by atoms with Crippen molar-refractivity contribution in [1.29, 1.82) is 0 Å². The summed E-state index contributed by atoms with van der Waals surface area (Å²) in [5.41, 5.74) is 0.566. The minimum atomic E-state index is -0.673. The third-order valence-corrected chi connectivity index (χ3v) is 3.56. The fourth-order valence-corrected chi connectivity index (χ4v) is 2.42. The second-order valence-electron chi connectivity index (χ2n) is 6.12. The van der Waals surface area contributed by atoms with Crippen molar-refractivity contribution in [3.8, 4) is 11.5 Å². The molecule has 6 heteroatoms. The first-order valence-corrected chi connectivity index (χ1v) is 7.63. The van der Waals surface area contributed by atoms with Crippen molar-refractivity contribution in [2.24, 2.45) is 5.92 Å². The van der Waals surface area contributed by atoms with E-state index in [-0.39, 0.29) is 35.7 Å². The second-order valence-corrected chi connectivity index (χ2v) is 6.12. The van der Waals surface area contributed by atoms with Crippen molar-refractivity contribution >= 4 is 11.9 Å². The number of phenols is 2. The van der Waals surface area contributed by atoms with E-state index in [1.54, 1.807) is 13.0 Å². The van der Waals surface area contributed by atoms with Crippen LogP contribution in [-0.2, 0) is 14.3 Å². The zero-order valence-corrected chi connectivity index (χ0v) is 14.0. The van der Waals surface area contributed by atoms with Gasteiger partial charge in [-0.15, -0.1) is 0 Å². The second kappa shape index (κ2) is 8.41. The molecule has 2 atom stereocenters. The Morgan fingerprint density at radius 3 is 2.39 bits per heavy atom. The molecule has 0 aliphatic heterocycles. The molecule has 0 spiro atoms. The number of benzene rings is 1. The number of amides is 1. The van der Waals surface area contributed by atoms with Crippen LogP contribution < -0.4 is 5.32 Å². The quantitative estimate of drug-likeness (QED) is 0.669. The lowest BCUT2D eigenvalue weighted by atomic mass is 9.96. The Morgan fingerprint density at radius 1 is 1.22 bits per heavy atom. The van der Waals surface area contributed by atoms with E-state index in [4.69, 9.17) is 4.74 Å². The van der Waals surface area contributed by atoms with E-state index in [1.807, 2.05) is 13.8 Å². The summed E-state index contributed by atoms with van der Waals surface area (Å²) in [6.45, 7) is 5.71. The van der Waals surface area contributed by atoms with Crippen LogP contribution in [0, 0.1) is 5.92 Å². The van der Waals surface area contributed by atoms with Gasteiger partial charge >= 0.3 is 5.97 Å². The molecule has 0 heterocycles. The van der Waals surface area contributed by atoms with Crippen LogP contribution in [0.15, 0.2) is 18.2 Å². The number of carbonyl (C=O) groups excluding carboxylic acids is 2. The zero-order valence-electron chi connectivity index (χ0n) is 14.0. The Labute approximate surface area is 136 Å². The lowest BCUT2D eigenvalue weighted by Crippen LogP contribution is -2.42. The van der Waals surface area contributed by atoms with E-state index in [0.29, 0.717) is 12.0 Å². The SMILES string of the molecule is COC(=O)C(CC(C)C)NC(=O)CC(C)c1ccc(O)cc1O. The summed E-state index contributed by atoms with van der Waals surface area (Å²) >= 11 is 0. The van der Waals surface area contributed by atoms with Gasteiger partial charge in [-0.3, -0.25) is 4.79 Å². The predicted octanol–water partition coefficient (Wildman–Crippen LogP) is 2.30. The van der Waals surface area contributed by atoms with Gasteiger partial charge in [0.05, 0.1) is 7.11 Å². The molecule has 2 unspecified atom stereocenters. The summed E-state index contributed by atoms with van der Waals surface area (Å²) in [6, 6.07) is 3.60. The predicted molar refractivity (Wildman–Crippen MR) is 86.2 cm³/mol. The number of methoxy groups -OCH3 is 1. The topological polar surface area (TPSA) is 95.9 Å². The van der Waals surface area contributed by atoms with Gasteiger partial charge in [0.2, 0.25) is 5.91 Å². The normalized spacial score (nSPS) is 13.4. The molecule has 128 valence electrons. The zero-order chi connectivity index (χ0) is 17.6. The van der Waals surface area contributed by atoms with Crippen LogP contribution in [0.5, 0.6) is 11.5 Å². The van der Waals surface area contributed by atoms with Crippen LogP contribution in [0.3, 0.4) is 0 Å². The maximum absolute atomic E-state index is 12.2. The molecule has 1 rings (SSSR count). The number of aromatic hydroxyl groups is 2. The van der Waals surface area contributed by atoms with Gasteiger partial charge in [-0.1, -0.05) is 26.8 Å². The number of rotatable bonds is 7. The minimum absolute atomic E-state index is 0.0365. The van der Waals surface area contributed by atoms with Crippen molar-refractivity contribution in [2.45, 2.75) is 45.6 Å². The summed E-state index contributed by atoms with van der Waals surface area (Å²) in [5, 5.41) is 21.8. The van der Waals surface area contributed by atoms with Gasteiger partial charge in [-0.2, -0.15) is 0 Å². The number of esters is 1. The van der Waals surface area contributed by atoms with Crippen molar-refractivity contribution in [3.05, 3.63) is 23.8 Å². The largest absolute Gasteiger partial charge is 0.508 e. The average molecular weight is 323 g/mol. The molecule has 0 saturated heterocycles. The molecule has 6 nitrogen and oxygen atoms in total. The van der Waals surface area contributed by atoms with Crippen LogP contribution >= 0.6 is 0 Å². The van der Waals surface area contributed by atoms with E-state index in [0.717, 1.165) is 0 Å².